The lowest BCUT2D eigenvalue weighted by Gasteiger charge is -2.35. The van der Waals surface area contributed by atoms with Crippen molar-refractivity contribution < 1.29 is 17.9 Å². The lowest BCUT2D eigenvalue weighted by atomic mass is 9.86. The van der Waals surface area contributed by atoms with Crippen molar-refractivity contribution in [1.82, 2.24) is 10.2 Å². The van der Waals surface area contributed by atoms with Crippen LogP contribution in [0.1, 0.15) is 56.7 Å². The van der Waals surface area contributed by atoms with Gasteiger partial charge in [-0.1, -0.05) is 57.5 Å². The molecule has 1 N–H and O–H groups in total. The Balaban J connectivity index is 1.48. The number of sulfonamides is 1. The van der Waals surface area contributed by atoms with Gasteiger partial charge in [0, 0.05) is 13.1 Å². The Morgan fingerprint density at radius 1 is 1.06 bits per heavy atom. The largest absolute Gasteiger partial charge is 0.476 e. The molecule has 2 aliphatic rings. The summed E-state index contributed by atoms with van der Waals surface area (Å²) in [7, 11) is -3.59. The number of likely N-dealkylation sites (tertiary alicyclic amines) is 1. The molecular formula is C27H37N3O4S. The number of benzene rings is 2. The minimum absolute atomic E-state index is 0.0549. The third-order valence-corrected chi connectivity index (χ3v) is 7.95. The highest BCUT2D eigenvalue weighted by Crippen LogP contribution is 2.38. The molecule has 0 unspecified atom stereocenters. The van der Waals surface area contributed by atoms with E-state index in [1.807, 2.05) is 30.3 Å². The lowest BCUT2D eigenvalue weighted by molar-refractivity contribution is -0.127. The third kappa shape index (κ3) is 6.16. The lowest BCUT2D eigenvalue weighted by Crippen LogP contribution is -2.50. The predicted octanol–water partition coefficient (Wildman–Crippen LogP) is 3.81. The minimum Gasteiger partial charge on any atom is -0.476 e. The number of carbonyl (C=O) groups is 1. The molecule has 1 saturated heterocycles. The molecule has 0 spiro atoms. The van der Waals surface area contributed by atoms with Gasteiger partial charge in [-0.2, -0.15) is 0 Å². The molecule has 2 heterocycles. The summed E-state index contributed by atoms with van der Waals surface area (Å²) in [5, 5.41) is 2.98. The van der Waals surface area contributed by atoms with E-state index >= 15 is 0 Å². The number of fused-ring (bicyclic) bond motifs is 1. The highest BCUT2D eigenvalue weighted by molar-refractivity contribution is 7.92. The second-order valence-corrected chi connectivity index (χ2v) is 12.6. The number of hydrogen-bond donors (Lipinski definition) is 1. The summed E-state index contributed by atoms with van der Waals surface area (Å²) in [6, 6.07) is 13.7. The van der Waals surface area contributed by atoms with Gasteiger partial charge >= 0.3 is 0 Å². The van der Waals surface area contributed by atoms with E-state index in [0.29, 0.717) is 18.0 Å². The molecule has 1 fully saturated rings. The van der Waals surface area contributed by atoms with Gasteiger partial charge in [0.15, 0.2) is 6.10 Å². The molecule has 7 nitrogen and oxygen atoms in total. The van der Waals surface area contributed by atoms with Crippen LogP contribution in [0.15, 0.2) is 42.5 Å². The van der Waals surface area contributed by atoms with Gasteiger partial charge in [0.1, 0.15) is 5.75 Å². The maximum Gasteiger partial charge on any atom is 0.263 e. The summed E-state index contributed by atoms with van der Waals surface area (Å²) in [5.74, 6) is 0.0808. The summed E-state index contributed by atoms with van der Waals surface area (Å²) in [4.78, 5) is 15.6. The first kappa shape index (κ1) is 25.5. The van der Waals surface area contributed by atoms with E-state index in [1.165, 1.54) is 29.1 Å². The summed E-state index contributed by atoms with van der Waals surface area (Å²) in [5.41, 5.74) is 3.61. The third-order valence-electron chi connectivity index (χ3n) is 6.80. The molecule has 2 aromatic rings. The van der Waals surface area contributed by atoms with Crippen molar-refractivity contribution in [3.8, 4) is 5.75 Å². The molecule has 0 bridgehead atoms. The monoisotopic (exact) mass is 499 g/mol. The Kier molecular flexibility index (Phi) is 7.43. The number of hydrogen-bond acceptors (Lipinski definition) is 5. The summed E-state index contributed by atoms with van der Waals surface area (Å²) >= 11 is 0. The van der Waals surface area contributed by atoms with Crippen LogP contribution in [0.5, 0.6) is 5.75 Å². The quantitative estimate of drug-likeness (QED) is 0.654. The Bertz CT molecular complexity index is 1170. The van der Waals surface area contributed by atoms with Crippen LogP contribution in [0.2, 0.25) is 0 Å². The Hall–Kier alpha value is -2.58. The maximum atomic E-state index is 13.1. The van der Waals surface area contributed by atoms with Crippen LogP contribution in [-0.2, 0) is 33.3 Å². The predicted molar refractivity (Wildman–Crippen MR) is 139 cm³/mol. The summed E-state index contributed by atoms with van der Waals surface area (Å²) in [6.07, 6.45) is 3.99. The van der Waals surface area contributed by atoms with Gasteiger partial charge in [0.05, 0.1) is 18.5 Å². The second kappa shape index (κ2) is 10.2. The Morgan fingerprint density at radius 2 is 1.74 bits per heavy atom. The van der Waals surface area contributed by atoms with Gasteiger partial charge in [0.25, 0.3) is 5.91 Å². The molecule has 190 valence electrons. The average Bonchev–Trinajstić information content (AvgIpc) is 2.81. The number of piperidine rings is 1. The van der Waals surface area contributed by atoms with Gasteiger partial charge in [-0.3, -0.25) is 14.0 Å². The average molecular weight is 500 g/mol. The van der Waals surface area contributed by atoms with Crippen LogP contribution in [0.4, 0.5) is 5.69 Å². The van der Waals surface area contributed by atoms with Gasteiger partial charge in [0.2, 0.25) is 10.0 Å². The molecule has 0 aliphatic carbocycles. The van der Waals surface area contributed by atoms with Crippen molar-refractivity contribution in [2.24, 2.45) is 0 Å². The minimum atomic E-state index is -3.59. The Labute approximate surface area is 209 Å². The number of anilines is 1. The van der Waals surface area contributed by atoms with Crippen LogP contribution in [-0.4, -0.2) is 51.2 Å². The zero-order valence-corrected chi connectivity index (χ0v) is 22.0. The van der Waals surface area contributed by atoms with Crippen molar-refractivity contribution in [3.05, 3.63) is 59.2 Å². The van der Waals surface area contributed by atoms with Gasteiger partial charge in [-0.05, 0) is 60.2 Å². The van der Waals surface area contributed by atoms with Crippen LogP contribution in [0, 0.1) is 0 Å². The standard InChI is InChI=1S/C27H37N3O4S/c1-27(2,3)22-12-13-24-23(16-22)30(35(4,32)33)19-25(34-24)26(31)28-17-20-10-6-7-11-21(20)18-29-14-8-5-9-15-29/h6-7,10-13,16,25H,5,8-9,14-15,17-19H2,1-4H3,(H,28,31)/t25-/m1/s1. The van der Waals surface area contributed by atoms with Crippen molar-refractivity contribution in [1.29, 1.82) is 0 Å². The van der Waals surface area contributed by atoms with E-state index < -0.39 is 16.1 Å². The molecule has 2 aliphatic heterocycles. The number of ether oxygens (including phenoxy) is 1. The van der Waals surface area contributed by atoms with Crippen LogP contribution in [0.3, 0.4) is 0 Å². The van der Waals surface area contributed by atoms with E-state index in [9.17, 15) is 13.2 Å². The highest BCUT2D eigenvalue weighted by atomic mass is 32.2. The molecule has 1 amide bonds. The second-order valence-electron chi connectivity index (χ2n) is 10.7. The fourth-order valence-corrected chi connectivity index (χ4v) is 5.61. The summed E-state index contributed by atoms with van der Waals surface area (Å²) < 4.78 is 32.5. The van der Waals surface area contributed by atoms with Crippen LogP contribution < -0.4 is 14.4 Å². The Morgan fingerprint density at radius 3 is 2.40 bits per heavy atom. The topological polar surface area (TPSA) is 79.0 Å². The normalized spacial score (nSPS) is 19.1. The molecule has 0 radical (unpaired) electrons. The smallest absolute Gasteiger partial charge is 0.263 e. The number of amides is 1. The molecule has 35 heavy (non-hydrogen) atoms. The van der Waals surface area contributed by atoms with Crippen molar-refractivity contribution in [3.63, 3.8) is 0 Å². The van der Waals surface area contributed by atoms with Crippen LogP contribution >= 0.6 is 0 Å². The number of nitrogens with zero attached hydrogens (tertiary/aromatic N) is 2. The molecular weight excluding hydrogens is 462 g/mol. The first-order chi connectivity index (χ1) is 16.5. The van der Waals surface area contributed by atoms with E-state index in [-0.39, 0.29) is 17.9 Å². The molecule has 8 heteroatoms. The number of rotatable bonds is 6. The van der Waals surface area contributed by atoms with E-state index in [4.69, 9.17) is 4.74 Å². The zero-order chi connectivity index (χ0) is 25.2. The van der Waals surface area contributed by atoms with E-state index in [2.05, 4.69) is 37.1 Å². The van der Waals surface area contributed by atoms with Crippen LogP contribution in [0.25, 0.3) is 0 Å². The number of carbonyl (C=O) groups excluding carboxylic acids is 1. The van der Waals surface area contributed by atoms with Gasteiger partial charge in [-0.25, -0.2) is 8.42 Å². The molecule has 1 atom stereocenters. The first-order valence-corrected chi connectivity index (χ1v) is 14.2. The SMILES string of the molecule is CC(C)(C)c1ccc2c(c1)N(S(C)(=O)=O)C[C@H](C(=O)NCc1ccccc1CN1CCCCC1)O2. The van der Waals surface area contributed by atoms with Crippen molar-refractivity contribution >= 4 is 21.6 Å². The molecule has 0 aromatic heterocycles. The molecule has 2 aromatic carbocycles. The fraction of sp³-hybridized carbons (Fsp3) is 0.519. The van der Waals surface area contributed by atoms with Gasteiger partial charge < -0.3 is 10.1 Å². The molecule has 4 rings (SSSR count). The highest BCUT2D eigenvalue weighted by Gasteiger charge is 2.35. The zero-order valence-electron chi connectivity index (χ0n) is 21.2. The van der Waals surface area contributed by atoms with Crippen molar-refractivity contribution in [2.75, 3.05) is 30.2 Å². The van der Waals surface area contributed by atoms with E-state index in [0.717, 1.165) is 37.0 Å². The molecule has 0 saturated carbocycles. The maximum absolute atomic E-state index is 13.1. The van der Waals surface area contributed by atoms with E-state index in [1.54, 1.807) is 6.07 Å². The number of nitrogens with one attached hydrogen (secondary N) is 1. The summed E-state index contributed by atoms with van der Waals surface area (Å²) in [6.45, 7) is 9.62. The fourth-order valence-electron chi connectivity index (χ4n) is 4.71. The first-order valence-electron chi connectivity index (χ1n) is 12.4. The van der Waals surface area contributed by atoms with Gasteiger partial charge in [-0.15, -0.1) is 0 Å². The van der Waals surface area contributed by atoms with Crippen molar-refractivity contribution in [2.45, 2.75) is 64.6 Å².